The third-order valence-electron chi connectivity index (χ3n) is 3.69. The van der Waals surface area contributed by atoms with Crippen LogP contribution in [0.3, 0.4) is 0 Å². The molecule has 1 N–H and O–H groups in total. The van der Waals surface area contributed by atoms with Crippen LogP contribution >= 0.6 is 0 Å². The highest BCUT2D eigenvalue weighted by Gasteiger charge is 2.24. The van der Waals surface area contributed by atoms with Crippen molar-refractivity contribution >= 4 is 17.0 Å². The zero-order valence-electron chi connectivity index (χ0n) is 14.7. The highest BCUT2D eigenvalue weighted by molar-refractivity contribution is 5.95. The molecule has 6 nitrogen and oxygen atoms in total. The monoisotopic (exact) mass is 341 g/mol. The average Bonchev–Trinajstić information content (AvgIpc) is 2.91. The molecule has 25 heavy (non-hydrogen) atoms. The second kappa shape index (κ2) is 6.12. The van der Waals surface area contributed by atoms with E-state index < -0.39 is 11.7 Å². The minimum atomic E-state index is -0.615. The van der Waals surface area contributed by atoms with Gasteiger partial charge in [-0.1, -0.05) is 0 Å². The maximum atomic E-state index is 12.8. The summed E-state index contributed by atoms with van der Waals surface area (Å²) in [4.78, 5) is 12.8. The number of hydrogen-bond acceptors (Lipinski definition) is 4. The van der Waals surface area contributed by atoms with Crippen molar-refractivity contribution < 1.29 is 24.2 Å². The van der Waals surface area contributed by atoms with Crippen LogP contribution in [0, 0.1) is 0 Å². The lowest BCUT2D eigenvalue weighted by Crippen LogP contribution is -2.29. The second-order valence-corrected chi connectivity index (χ2v) is 6.74. The number of ether oxygens (including phenoxy) is 2. The molecule has 0 aliphatic rings. The zero-order chi connectivity index (χ0) is 18.2. The van der Waals surface area contributed by atoms with Crippen molar-refractivity contribution in [2.45, 2.75) is 26.4 Å². The molecule has 6 heteroatoms. The number of aromatic nitrogens is 2. The van der Waals surface area contributed by atoms with Crippen LogP contribution in [-0.4, -0.2) is 28.6 Å². The van der Waals surface area contributed by atoms with Gasteiger partial charge in [0.2, 0.25) is 12.4 Å². The molecule has 0 saturated carbocycles. The highest BCUT2D eigenvalue weighted by Crippen LogP contribution is 2.29. The Morgan fingerprint density at radius 1 is 1.16 bits per heavy atom. The smallest absolute Gasteiger partial charge is 0.419 e. The molecule has 0 atom stereocenters. The van der Waals surface area contributed by atoms with Crippen LogP contribution in [0.4, 0.5) is 4.79 Å². The van der Waals surface area contributed by atoms with Crippen molar-refractivity contribution in [2.24, 2.45) is 0 Å². The average molecular weight is 341 g/mol. The van der Waals surface area contributed by atoms with E-state index >= 15 is 0 Å². The summed E-state index contributed by atoms with van der Waals surface area (Å²) < 4.78 is 13.2. The third-order valence-corrected chi connectivity index (χ3v) is 3.69. The van der Waals surface area contributed by atoms with Gasteiger partial charge in [-0.3, -0.25) is 5.21 Å². The lowest BCUT2D eigenvalue weighted by atomic mass is 10.1. The normalized spacial score (nSPS) is 11.5. The van der Waals surface area contributed by atoms with Crippen molar-refractivity contribution in [1.29, 1.82) is 0 Å². The van der Waals surface area contributed by atoms with Gasteiger partial charge >= 0.3 is 6.09 Å². The fraction of sp³-hybridized carbons (Fsp3) is 0.263. The van der Waals surface area contributed by atoms with Crippen LogP contribution in [-0.2, 0) is 4.74 Å². The lowest BCUT2D eigenvalue weighted by molar-refractivity contribution is -0.903. The Morgan fingerprint density at radius 2 is 1.84 bits per heavy atom. The maximum Gasteiger partial charge on any atom is 0.419 e. The maximum absolute atomic E-state index is 12.8. The van der Waals surface area contributed by atoms with E-state index in [2.05, 4.69) is 0 Å². The second-order valence-electron chi connectivity index (χ2n) is 6.74. The van der Waals surface area contributed by atoms with Gasteiger partial charge in [-0.15, -0.1) is 0 Å². The molecule has 0 unspecified atom stereocenters. The number of carbonyl (C=O) groups is 1. The quantitative estimate of drug-likeness (QED) is 0.571. The molecular formula is C19H21N2O4+. The molecule has 0 amide bonds. The van der Waals surface area contributed by atoms with Crippen LogP contribution in [0.15, 0.2) is 48.8 Å². The topological polar surface area (TPSA) is 64.6 Å². The van der Waals surface area contributed by atoms with Gasteiger partial charge in [0, 0.05) is 10.8 Å². The number of fused-ring (bicyclic) bond motifs is 1. The van der Waals surface area contributed by atoms with Crippen molar-refractivity contribution in [2.75, 3.05) is 7.11 Å². The summed E-state index contributed by atoms with van der Waals surface area (Å²) in [7, 11) is 1.60. The molecule has 0 fully saturated rings. The molecule has 0 spiro atoms. The van der Waals surface area contributed by atoms with Crippen molar-refractivity contribution in [3.8, 4) is 17.0 Å². The van der Waals surface area contributed by atoms with Gasteiger partial charge in [-0.25, -0.2) is 9.36 Å². The van der Waals surface area contributed by atoms with E-state index in [1.807, 2.05) is 51.1 Å². The van der Waals surface area contributed by atoms with Crippen LogP contribution in [0.5, 0.6) is 5.75 Å². The van der Waals surface area contributed by atoms with Gasteiger partial charge < -0.3 is 9.47 Å². The Hall–Kier alpha value is -3.02. The summed E-state index contributed by atoms with van der Waals surface area (Å²) in [6.07, 6.45) is 2.55. The molecule has 3 aromatic rings. The van der Waals surface area contributed by atoms with Crippen molar-refractivity contribution in [3.05, 3.63) is 48.8 Å². The number of rotatable bonds is 2. The van der Waals surface area contributed by atoms with Gasteiger partial charge in [0.05, 0.1) is 23.7 Å². The minimum Gasteiger partial charge on any atom is -0.497 e. The zero-order valence-corrected chi connectivity index (χ0v) is 14.7. The SMILES string of the molecule is COc1ccc(-c2cc3c[n+](O)ccc3n2C(=O)OC(C)(C)C)cc1. The molecule has 130 valence electrons. The standard InChI is InChI=1S/C19H21N2O4/c1-19(2,3)25-18(22)21-16-9-10-20(23)12-14(16)11-17(21)13-5-7-15(24-4)8-6-13/h5-12,23H,1-4H3/q+1. The molecule has 3 rings (SSSR count). The number of pyridine rings is 1. The van der Waals surface area contributed by atoms with Crippen molar-refractivity contribution in [1.82, 2.24) is 4.57 Å². The first-order chi connectivity index (χ1) is 11.8. The third kappa shape index (κ3) is 3.42. The fourth-order valence-electron chi connectivity index (χ4n) is 2.63. The molecule has 0 bridgehead atoms. The van der Waals surface area contributed by atoms with E-state index in [-0.39, 0.29) is 0 Å². The number of methoxy groups -OCH3 is 1. The van der Waals surface area contributed by atoms with Gasteiger partial charge in [0.1, 0.15) is 11.4 Å². The minimum absolute atomic E-state index is 0.469. The lowest BCUT2D eigenvalue weighted by Gasteiger charge is -2.21. The summed E-state index contributed by atoms with van der Waals surface area (Å²) in [5.74, 6) is 0.733. The number of benzene rings is 1. The predicted molar refractivity (Wildman–Crippen MR) is 92.9 cm³/mol. The van der Waals surface area contributed by atoms with E-state index in [1.54, 1.807) is 19.4 Å². The van der Waals surface area contributed by atoms with Crippen LogP contribution in [0.1, 0.15) is 20.8 Å². The Morgan fingerprint density at radius 3 is 2.44 bits per heavy atom. The molecule has 0 radical (unpaired) electrons. The van der Waals surface area contributed by atoms with Gasteiger partial charge in [0.25, 0.3) is 0 Å². The largest absolute Gasteiger partial charge is 0.497 e. The highest BCUT2D eigenvalue weighted by atomic mass is 16.6. The van der Waals surface area contributed by atoms with E-state index in [4.69, 9.17) is 9.47 Å². The van der Waals surface area contributed by atoms with Crippen LogP contribution in [0.25, 0.3) is 22.2 Å². The number of hydrogen-bond donors (Lipinski definition) is 1. The fourth-order valence-corrected chi connectivity index (χ4v) is 2.63. The Kier molecular flexibility index (Phi) is 4.12. The van der Waals surface area contributed by atoms with E-state index in [0.717, 1.165) is 21.4 Å². The first-order valence-corrected chi connectivity index (χ1v) is 7.92. The molecular weight excluding hydrogens is 320 g/mol. The molecule has 0 aliphatic heterocycles. The first kappa shape index (κ1) is 16.8. The van der Waals surface area contributed by atoms with E-state index in [9.17, 15) is 10.0 Å². The van der Waals surface area contributed by atoms with Crippen LogP contribution in [0.2, 0.25) is 0 Å². The summed E-state index contributed by atoms with van der Waals surface area (Å²) in [5.41, 5.74) is 1.56. The van der Waals surface area contributed by atoms with Crippen LogP contribution < -0.4 is 9.47 Å². The number of carbonyl (C=O) groups excluding carboxylic acids is 1. The van der Waals surface area contributed by atoms with Gasteiger partial charge in [-0.2, -0.15) is 0 Å². The van der Waals surface area contributed by atoms with Gasteiger partial charge in [0.15, 0.2) is 0 Å². The Bertz CT molecular complexity index is 921. The molecule has 2 aromatic heterocycles. The first-order valence-electron chi connectivity index (χ1n) is 7.92. The van der Waals surface area contributed by atoms with Crippen molar-refractivity contribution in [3.63, 3.8) is 0 Å². The Labute approximate surface area is 145 Å². The van der Waals surface area contributed by atoms with Gasteiger partial charge in [-0.05, 0) is 56.7 Å². The summed E-state index contributed by atoms with van der Waals surface area (Å²) in [6, 6.07) is 10.9. The number of nitrogens with zero attached hydrogens (tertiary/aromatic N) is 2. The molecule has 0 aliphatic carbocycles. The summed E-state index contributed by atoms with van der Waals surface area (Å²) in [6.45, 7) is 5.47. The summed E-state index contributed by atoms with van der Waals surface area (Å²) in [5, 5.41) is 10.4. The van der Waals surface area contributed by atoms with E-state index in [0.29, 0.717) is 11.2 Å². The predicted octanol–water partition coefficient (Wildman–Crippen LogP) is 3.62. The molecule has 1 aromatic carbocycles. The summed E-state index contributed by atoms with van der Waals surface area (Å²) >= 11 is 0. The molecule has 2 heterocycles. The Balaban J connectivity index is 2.18. The van der Waals surface area contributed by atoms with E-state index in [1.165, 1.54) is 10.8 Å². The molecule has 0 saturated heterocycles.